The highest BCUT2D eigenvalue weighted by Crippen LogP contribution is 2.22. The number of aromatic nitrogens is 2. The molecule has 1 N–H and O–H groups in total. The lowest BCUT2D eigenvalue weighted by Crippen LogP contribution is -2.49. The molecule has 1 aromatic carbocycles. The number of hydrogen-bond donors (Lipinski definition) is 1. The molecule has 0 spiro atoms. The van der Waals surface area contributed by atoms with Crippen molar-refractivity contribution in [2.24, 2.45) is 0 Å². The summed E-state index contributed by atoms with van der Waals surface area (Å²) in [5.74, 6) is 0. The van der Waals surface area contributed by atoms with E-state index < -0.39 is 5.60 Å². The molecular weight excluding hydrogens is 278 g/mol. The standard InChI is InChI=1S/C17H23N3O2/c1-17(21,15-6-3-2-4-7-15)14-19-10-11-22-16(12-19)13-20-9-5-8-18-20/h2-9,16,21H,10-14H2,1H3/t16-,17-/m0/s1. The number of morpholine rings is 1. The van der Waals surface area contributed by atoms with Crippen LogP contribution in [0.2, 0.25) is 0 Å². The predicted molar refractivity (Wildman–Crippen MR) is 84.4 cm³/mol. The Hall–Kier alpha value is -1.69. The van der Waals surface area contributed by atoms with E-state index in [2.05, 4.69) is 10.00 Å². The van der Waals surface area contributed by atoms with Crippen LogP contribution >= 0.6 is 0 Å². The molecule has 5 nitrogen and oxygen atoms in total. The summed E-state index contributed by atoms with van der Waals surface area (Å²) < 4.78 is 7.71. The molecule has 0 unspecified atom stereocenters. The summed E-state index contributed by atoms with van der Waals surface area (Å²) in [4.78, 5) is 2.27. The first kappa shape index (κ1) is 15.2. The van der Waals surface area contributed by atoms with Crippen molar-refractivity contribution in [3.8, 4) is 0 Å². The summed E-state index contributed by atoms with van der Waals surface area (Å²) in [5.41, 5.74) is 0.0969. The van der Waals surface area contributed by atoms with Crippen molar-refractivity contribution in [2.75, 3.05) is 26.2 Å². The van der Waals surface area contributed by atoms with E-state index in [9.17, 15) is 5.11 Å². The molecule has 1 aliphatic heterocycles. The SMILES string of the molecule is C[C@](O)(CN1CCO[C@H](Cn2cccn2)C1)c1ccccc1. The van der Waals surface area contributed by atoms with E-state index in [1.54, 1.807) is 6.20 Å². The van der Waals surface area contributed by atoms with E-state index in [-0.39, 0.29) is 6.10 Å². The molecule has 0 bridgehead atoms. The molecule has 0 amide bonds. The maximum atomic E-state index is 10.8. The first-order valence-corrected chi connectivity index (χ1v) is 7.73. The minimum Gasteiger partial charge on any atom is -0.384 e. The smallest absolute Gasteiger partial charge is 0.0994 e. The van der Waals surface area contributed by atoms with Crippen LogP contribution in [0.25, 0.3) is 0 Å². The Morgan fingerprint density at radius 2 is 2.14 bits per heavy atom. The Morgan fingerprint density at radius 1 is 1.32 bits per heavy atom. The molecule has 1 saturated heterocycles. The average molecular weight is 301 g/mol. The first-order chi connectivity index (χ1) is 10.6. The molecule has 22 heavy (non-hydrogen) atoms. The molecule has 2 aromatic rings. The highest BCUT2D eigenvalue weighted by Gasteiger charge is 2.29. The second-order valence-electron chi connectivity index (χ2n) is 6.10. The molecule has 3 rings (SSSR count). The third-order valence-corrected chi connectivity index (χ3v) is 4.10. The van der Waals surface area contributed by atoms with Gasteiger partial charge < -0.3 is 9.84 Å². The van der Waals surface area contributed by atoms with Crippen LogP contribution in [0.15, 0.2) is 48.8 Å². The largest absolute Gasteiger partial charge is 0.384 e. The summed E-state index contributed by atoms with van der Waals surface area (Å²) >= 11 is 0. The molecular formula is C17H23N3O2. The molecule has 1 aromatic heterocycles. The van der Waals surface area contributed by atoms with Gasteiger partial charge in [0.1, 0.15) is 0 Å². The average Bonchev–Trinajstić information content (AvgIpc) is 3.01. The van der Waals surface area contributed by atoms with E-state index in [4.69, 9.17) is 4.74 Å². The number of rotatable bonds is 5. The van der Waals surface area contributed by atoms with Crippen LogP contribution in [0, 0.1) is 0 Å². The fourth-order valence-corrected chi connectivity index (χ4v) is 2.98. The topological polar surface area (TPSA) is 50.5 Å². The van der Waals surface area contributed by atoms with E-state index in [0.29, 0.717) is 13.2 Å². The van der Waals surface area contributed by atoms with Crippen molar-refractivity contribution < 1.29 is 9.84 Å². The van der Waals surface area contributed by atoms with Crippen molar-refractivity contribution in [1.29, 1.82) is 0 Å². The second-order valence-corrected chi connectivity index (χ2v) is 6.10. The van der Waals surface area contributed by atoms with Gasteiger partial charge in [0.15, 0.2) is 0 Å². The number of β-amino-alcohol motifs (C(OH)–C–C–N with tert-alkyl or cyclic N) is 1. The van der Waals surface area contributed by atoms with Crippen LogP contribution in [0.1, 0.15) is 12.5 Å². The quantitative estimate of drug-likeness (QED) is 0.909. The highest BCUT2D eigenvalue weighted by atomic mass is 16.5. The van der Waals surface area contributed by atoms with Crippen LogP contribution in [-0.2, 0) is 16.9 Å². The summed E-state index contributed by atoms with van der Waals surface area (Å²) in [6.45, 7) is 5.57. The zero-order chi connectivity index (χ0) is 15.4. The summed E-state index contributed by atoms with van der Waals surface area (Å²) in [6, 6.07) is 11.8. The van der Waals surface area contributed by atoms with Gasteiger partial charge in [-0.25, -0.2) is 0 Å². The Balaban J connectivity index is 1.60. The van der Waals surface area contributed by atoms with Gasteiger partial charge in [-0.3, -0.25) is 9.58 Å². The Morgan fingerprint density at radius 3 is 2.86 bits per heavy atom. The monoisotopic (exact) mass is 301 g/mol. The Labute approximate surface area is 131 Å². The van der Waals surface area contributed by atoms with Gasteiger partial charge in [0.05, 0.1) is 24.9 Å². The van der Waals surface area contributed by atoms with Crippen LogP contribution in [0.5, 0.6) is 0 Å². The third kappa shape index (κ3) is 3.74. The maximum absolute atomic E-state index is 10.8. The van der Waals surface area contributed by atoms with Gasteiger partial charge in [0, 0.05) is 32.0 Å². The third-order valence-electron chi connectivity index (χ3n) is 4.10. The lowest BCUT2D eigenvalue weighted by molar-refractivity contribution is -0.0670. The summed E-state index contributed by atoms with van der Waals surface area (Å²) in [5, 5.41) is 15.0. The van der Waals surface area contributed by atoms with Crippen molar-refractivity contribution in [3.63, 3.8) is 0 Å². The normalized spacial score (nSPS) is 22.4. The highest BCUT2D eigenvalue weighted by molar-refractivity contribution is 5.21. The number of nitrogens with zero attached hydrogens (tertiary/aromatic N) is 3. The van der Waals surface area contributed by atoms with Crippen LogP contribution in [-0.4, -0.2) is 52.1 Å². The van der Waals surface area contributed by atoms with Crippen LogP contribution in [0.4, 0.5) is 0 Å². The number of ether oxygens (including phenoxy) is 1. The van der Waals surface area contributed by atoms with Gasteiger partial charge >= 0.3 is 0 Å². The molecule has 1 fully saturated rings. The van der Waals surface area contributed by atoms with Crippen molar-refractivity contribution in [3.05, 3.63) is 54.4 Å². The number of aliphatic hydroxyl groups is 1. The summed E-state index contributed by atoms with van der Waals surface area (Å²) in [6.07, 6.45) is 3.84. The number of benzene rings is 1. The lowest BCUT2D eigenvalue weighted by atomic mass is 9.95. The van der Waals surface area contributed by atoms with Gasteiger partial charge in [-0.2, -0.15) is 5.10 Å². The van der Waals surface area contributed by atoms with Crippen molar-refractivity contribution in [1.82, 2.24) is 14.7 Å². The fraction of sp³-hybridized carbons (Fsp3) is 0.471. The van der Waals surface area contributed by atoms with E-state index in [0.717, 1.165) is 25.2 Å². The van der Waals surface area contributed by atoms with E-state index >= 15 is 0 Å². The zero-order valence-electron chi connectivity index (χ0n) is 12.9. The van der Waals surface area contributed by atoms with Gasteiger partial charge in [-0.1, -0.05) is 30.3 Å². The zero-order valence-corrected chi connectivity index (χ0v) is 12.9. The Kier molecular flexibility index (Phi) is 4.57. The molecule has 0 radical (unpaired) electrons. The van der Waals surface area contributed by atoms with Crippen LogP contribution in [0.3, 0.4) is 0 Å². The predicted octanol–water partition coefficient (Wildman–Crippen LogP) is 1.49. The molecule has 0 aliphatic carbocycles. The van der Waals surface area contributed by atoms with Gasteiger partial charge in [-0.05, 0) is 18.6 Å². The molecule has 2 heterocycles. The Bertz CT molecular complexity index is 569. The molecule has 5 heteroatoms. The summed E-state index contributed by atoms with van der Waals surface area (Å²) in [7, 11) is 0. The lowest BCUT2D eigenvalue weighted by Gasteiger charge is -2.37. The minimum atomic E-state index is -0.852. The van der Waals surface area contributed by atoms with Gasteiger partial charge in [0.25, 0.3) is 0 Å². The van der Waals surface area contributed by atoms with E-state index in [1.807, 2.05) is 54.2 Å². The van der Waals surface area contributed by atoms with Crippen molar-refractivity contribution >= 4 is 0 Å². The van der Waals surface area contributed by atoms with Crippen LogP contribution < -0.4 is 0 Å². The first-order valence-electron chi connectivity index (χ1n) is 7.73. The van der Waals surface area contributed by atoms with E-state index in [1.165, 1.54) is 0 Å². The number of hydrogen-bond acceptors (Lipinski definition) is 4. The molecule has 1 aliphatic rings. The molecule has 0 saturated carbocycles. The van der Waals surface area contributed by atoms with Crippen molar-refractivity contribution in [2.45, 2.75) is 25.2 Å². The fourth-order valence-electron chi connectivity index (χ4n) is 2.98. The molecule has 118 valence electrons. The second kappa shape index (κ2) is 6.60. The minimum absolute atomic E-state index is 0.111. The van der Waals surface area contributed by atoms with Gasteiger partial charge in [-0.15, -0.1) is 0 Å². The maximum Gasteiger partial charge on any atom is 0.0994 e. The van der Waals surface area contributed by atoms with Gasteiger partial charge in [0.2, 0.25) is 0 Å². The molecule has 2 atom stereocenters.